The summed E-state index contributed by atoms with van der Waals surface area (Å²) >= 11 is 0. The van der Waals surface area contributed by atoms with E-state index in [2.05, 4.69) is 26.8 Å². The number of carbonyl (C=O) groups excluding carboxylic acids is 2. The Kier molecular flexibility index (Phi) is 6.16. The number of pyridine rings is 1. The fraction of sp³-hybridized carbons (Fsp3) is 0.231. The summed E-state index contributed by atoms with van der Waals surface area (Å²) in [6, 6.07) is 12.7. The number of piperidine rings is 1. The Morgan fingerprint density at radius 1 is 1.11 bits per heavy atom. The van der Waals surface area contributed by atoms with Gasteiger partial charge in [-0.25, -0.2) is 19.6 Å². The lowest BCUT2D eigenvalue weighted by Gasteiger charge is -2.31. The van der Waals surface area contributed by atoms with Gasteiger partial charge in [-0.05, 0) is 50.1 Å². The van der Waals surface area contributed by atoms with Crippen LogP contribution < -0.4 is 11.1 Å². The molecule has 3 N–H and O–H groups in total. The summed E-state index contributed by atoms with van der Waals surface area (Å²) in [6.07, 6.45) is 4.26. The van der Waals surface area contributed by atoms with E-state index in [9.17, 15) is 9.59 Å². The predicted molar refractivity (Wildman–Crippen MR) is 137 cm³/mol. The average Bonchev–Trinajstić information content (AvgIpc) is 3.29. The molecule has 182 valence electrons. The van der Waals surface area contributed by atoms with Gasteiger partial charge in [0.05, 0.1) is 11.4 Å². The van der Waals surface area contributed by atoms with Gasteiger partial charge >= 0.3 is 0 Å². The van der Waals surface area contributed by atoms with Crippen molar-refractivity contribution in [2.75, 3.05) is 24.1 Å². The first kappa shape index (κ1) is 23.2. The van der Waals surface area contributed by atoms with Gasteiger partial charge in [-0.15, -0.1) is 0 Å². The first-order chi connectivity index (χ1) is 17.4. The minimum Gasteiger partial charge on any atom is -0.383 e. The molecule has 0 aliphatic carbocycles. The second kappa shape index (κ2) is 9.57. The fourth-order valence-corrected chi connectivity index (χ4v) is 4.49. The number of likely N-dealkylation sites (tertiary alicyclic amines) is 1. The van der Waals surface area contributed by atoms with Crippen molar-refractivity contribution in [1.29, 1.82) is 0 Å². The van der Waals surface area contributed by atoms with Crippen molar-refractivity contribution in [2.45, 2.75) is 25.8 Å². The first-order valence-electron chi connectivity index (χ1n) is 11.7. The van der Waals surface area contributed by atoms with Crippen LogP contribution in [0.4, 0.5) is 11.6 Å². The van der Waals surface area contributed by atoms with Gasteiger partial charge in [0.1, 0.15) is 23.7 Å². The standard InChI is InChI=1S/C26H26N8O2/c1-3-21(35)33-13-11-19(12-14-33)34-25-22(24(27)28-15-29-25)23(32-34)17-7-9-18(10-8-17)26(36)31-20-6-4-5-16(2)30-20/h3-10,15,19H,1,11-14H2,2H3,(H2,27,28,29)(H,30,31,36). The molecule has 1 saturated heterocycles. The zero-order valence-electron chi connectivity index (χ0n) is 19.9. The lowest BCUT2D eigenvalue weighted by atomic mass is 10.0. The van der Waals surface area contributed by atoms with E-state index in [0.717, 1.165) is 24.1 Å². The van der Waals surface area contributed by atoms with Crippen molar-refractivity contribution < 1.29 is 9.59 Å². The first-order valence-corrected chi connectivity index (χ1v) is 11.7. The van der Waals surface area contributed by atoms with Crippen LogP contribution in [0.3, 0.4) is 0 Å². The van der Waals surface area contributed by atoms with Crippen LogP contribution >= 0.6 is 0 Å². The maximum Gasteiger partial charge on any atom is 0.256 e. The highest BCUT2D eigenvalue weighted by Crippen LogP contribution is 2.34. The van der Waals surface area contributed by atoms with E-state index in [1.807, 2.05) is 35.9 Å². The van der Waals surface area contributed by atoms with E-state index in [1.165, 1.54) is 12.4 Å². The second-order valence-electron chi connectivity index (χ2n) is 8.71. The Labute approximate surface area is 207 Å². The van der Waals surface area contributed by atoms with E-state index in [0.29, 0.717) is 47.0 Å². The molecule has 0 radical (unpaired) electrons. The molecular formula is C26H26N8O2. The number of nitrogen functional groups attached to an aromatic ring is 1. The Bertz CT molecular complexity index is 1450. The normalized spacial score (nSPS) is 14.1. The number of benzene rings is 1. The van der Waals surface area contributed by atoms with Crippen molar-refractivity contribution in [2.24, 2.45) is 0 Å². The Morgan fingerprint density at radius 2 is 1.86 bits per heavy atom. The third-order valence-electron chi connectivity index (χ3n) is 6.37. The number of rotatable bonds is 5. The second-order valence-corrected chi connectivity index (χ2v) is 8.71. The van der Waals surface area contributed by atoms with Crippen molar-refractivity contribution in [3.8, 4) is 11.3 Å². The molecule has 1 aliphatic rings. The third-order valence-corrected chi connectivity index (χ3v) is 6.37. The number of carbonyl (C=O) groups is 2. The van der Waals surface area contributed by atoms with Crippen LogP contribution in [-0.4, -0.2) is 54.5 Å². The van der Waals surface area contributed by atoms with Crippen molar-refractivity contribution >= 4 is 34.5 Å². The number of amides is 2. The van der Waals surface area contributed by atoms with Crippen molar-refractivity contribution in [1.82, 2.24) is 29.6 Å². The highest BCUT2D eigenvalue weighted by Gasteiger charge is 2.27. The van der Waals surface area contributed by atoms with Crippen molar-refractivity contribution in [3.63, 3.8) is 0 Å². The van der Waals surface area contributed by atoms with Gasteiger partial charge in [0.25, 0.3) is 5.91 Å². The summed E-state index contributed by atoms with van der Waals surface area (Å²) in [5, 5.41) is 8.37. The monoisotopic (exact) mass is 482 g/mol. The smallest absolute Gasteiger partial charge is 0.256 e. The Hall–Kier alpha value is -4.60. The topological polar surface area (TPSA) is 132 Å². The van der Waals surface area contributed by atoms with Gasteiger partial charge in [0.15, 0.2) is 5.65 Å². The minimum atomic E-state index is -0.251. The molecule has 1 aromatic carbocycles. The van der Waals surface area contributed by atoms with E-state index < -0.39 is 0 Å². The summed E-state index contributed by atoms with van der Waals surface area (Å²) < 4.78 is 1.89. The molecule has 10 heteroatoms. The van der Waals surface area contributed by atoms with Crippen LogP contribution in [0, 0.1) is 6.92 Å². The molecule has 1 aliphatic heterocycles. The number of hydrogen-bond acceptors (Lipinski definition) is 7. The number of aromatic nitrogens is 5. The Balaban J connectivity index is 1.42. The van der Waals surface area contributed by atoms with Crippen LogP contribution in [0.2, 0.25) is 0 Å². The molecule has 10 nitrogen and oxygen atoms in total. The molecule has 5 rings (SSSR count). The fourth-order valence-electron chi connectivity index (χ4n) is 4.49. The number of hydrogen-bond donors (Lipinski definition) is 2. The molecule has 3 aromatic heterocycles. The molecule has 4 aromatic rings. The van der Waals surface area contributed by atoms with E-state index in [-0.39, 0.29) is 17.9 Å². The molecular weight excluding hydrogens is 456 g/mol. The molecule has 0 unspecified atom stereocenters. The maximum absolute atomic E-state index is 12.7. The average molecular weight is 483 g/mol. The van der Waals surface area contributed by atoms with E-state index >= 15 is 0 Å². The van der Waals surface area contributed by atoms with Gasteiger partial charge in [-0.2, -0.15) is 5.10 Å². The number of nitrogens with one attached hydrogen (secondary N) is 1. The lowest BCUT2D eigenvalue weighted by Crippen LogP contribution is -2.38. The van der Waals surface area contributed by atoms with Crippen LogP contribution in [0.5, 0.6) is 0 Å². The van der Waals surface area contributed by atoms with Gasteiger partial charge in [0.2, 0.25) is 5.91 Å². The van der Waals surface area contributed by atoms with E-state index in [1.54, 1.807) is 23.1 Å². The number of aryl methyl sites for hydroxylation is 1. The SMILES string of the molecule is C=CC(=O)N1CCC(n2nc(-c3ccc(C(=O)Nc4cccc(C)n4)cc3)c3c(N)ncnc32)CC1. The Morgan fingerprint density at radius 3 is 2.56 bits per heavy atom. The number of fused-ring (bicyclic) bond motifs is 1. The number of anilines is 2. The number of nitrogens with two attached hydrogens (primary N) is 1. The van der Waals surface area contributed by atoms with Gasteiger partial charge in [-0.3, -0.25) is 9.59 Å². The maximum atomic E-state index is 12.7. The van der Waals surface area contributed by atoms with Gasteiger partial charge in [-0.1, -0.05) is 24.8 Å². The molecule has 36 heavy (non-hydrogen) atoms. The third kappa shape index (κ3) is 4.40. The molecule has 4 heterocycles. The van der Waals surface area contributed by atoms with Crippen LogP contribution in [0.1, 0.15) is 34.9 Å². The quantitative estimate of drug-likeness (QED) is 0.417. The summed E-state index contributed by atoms with van der Waals surface area (Å²) in [6.45, 7) is 6.68. The minimum absolute atomic E-state index is 0.0617. The highest BCUT2D eigenvalue weighted by atomic mass is 16.2. The molecule has 2 amide bonds. The molecule has 0 saturated carbocycles. The summed E-state index contributed by atoms with van der Waals surface area (Å²) in [4.78, 5) is 39.4. The molecule has 0 bridgehead atoms. The molecule has 0 atom stereocenters. The lowest BCUT2D eigenvalue weighted by molar-refractivity contribution is -0.127. The summed E-state index contributed by atoms with van der Waals surface area (Å²) in [5.74, 6) is 0.527. The summed E-state index contributed by atoms with van der Waals surface area (Å²) in [5.41, 5.74) is 9.67. The van der Waals surface area contributed by atoms with Crippen LogP contribution in [0.25, 0.3) is 22.3 Å². The van der Waals surface area contributed by atoms with Crippen LogP contribution in [0.15, 0.2) is 61.4 Å². The predicted octanol–water partition coefficient (Wildman–Crippen LogP) is 3.38. The highest BCUT2D eigenvalue weighted by molar-refractivity contribution is 6.04. The largest absolute Gasteiger partial charge is 0.383 e. The summed E-state index contributed by atoms with van der Waals surface area (Å²) in [7, 11) is 0. The van der Waals surface area contributed by atoms with Crippen LogP contribution in [-0.2, 0) is 4.79 Å². The van der Waals surface area contributed by atoms with Gasteiger partial charge < -0.3 is 16.0 Å². The van der Waals surface area contributed by atoms with E-state index in [4.69, 9.17) is 10.8 Å². The van der Waals surface area contributed by atoms with Gasteiger partial charge in [0, 0.05) is 29.9 Å². The zero-order valence-corrected chi connectivity index (χ0v) is 19.9. The molecule has 1 fully saturated rings. The number of nitrogens with zero attached hydrogens (tertiary/aromatic N) is 6. The van der Waals surface area contributed by atoms with Crippen molar-refractivity contribution in [3.05, 3.63) is 72.7 Å². The molecule has 0 spiro atoms. The zero-order chi connectivity index (χ0) is 25.2.